The Morgan fingerprint density at radius 3 is 2.47 bits per heavy atom. The molecule has 4 nitrogen and oxygen atoms in total. The molecule has 0 spiro atoms. The van der Waals surface area contributed by atoms with Crippen molar-refractivity contribution < 1.29 is 9.84 Å². The molecule has 0 aliphatic rings. The van der Waals surface area contributed by atoms with Crippen molar-refractivity contribution in [2.75, 3.05) is 7.11 Å². The molecule has 1 heterocycles. The Bertz CT molecular complexity index is 460. The van der Waals surface area contributed by atoms with Gasteiger partial charge in [0.1, 0.15) is 5.75 Å². The smallest absolute Gasteiger partial charge is 0.222 e. The molecule has 1 aromatic carbocycles. The minimum absolute atomic E-state index is 0.0117. The summed E-state index contributed by atoms with van der Waals surface area (Å²) in [5.74, 6) is 0.781. The Morgan fingerprint density at radius 1 is 1.33 bits per heavy atom. The second-order valence-corrected chi connectivity index (χ2v) is 3.14. The lowest BCUT2D eigenvalue weighted by Gasteiger charge is -2.04. The Balaban J connectivity index is 2.41. The van der Waals surface area contributed by atoms with Gasteiger partial charge in [-0.3, -0.25) is 0 Å². The van der Waals surface area contributed by atoms with Gasteiger partial charge in [0.05, 0.1) is 24.6 Å². The molecule has 0 aliphatic carbocycles. The third-order valence-electron chi connectivity index (χ3n) is 2.06. The van der Waals surface area contributed by atoms with Gasteiger partial charge in [-0.1, -0.05) is 0 Å². The average Bonchev–Trinajstić information content (AvgIpc) is 2.58. The number of rotatable bonds is 2. The molecule has 2 aromatic rings. The second-order valence-electron chi connectivity index (χ2n) is 3.14. The zero-order valence-corrected chi connectivity index (χ0v) is 8.56. The Morgan fingerprint density at radius 2 is 2.00 bits per heavy atom. The van der Waals surface area contributed by atoms with E-state index in [0.717, 1.165) is 11.4 Å². The van der Waals surface area contributed by atoms with Gasteiger partial charge in [0, 0.05) is 0 Å². The highest BCUT2D eigenvalue weighted by Gasteiger charge is 2.05. The Labute approximate surface area is 87.7 Å². The van der Waals surface area contributed by atoms with Crippen LogP contribution in [-0.2, 0) is 0 Å². The van der Waals surface area contributed by atoms with E-state index in [4.69, 9.17) is 4.74 Å². The van der Waals surface area contributed by atoms with E-state index in [2.05, 4.69) is 11.2 Å². The van der Waals surface area contributed by atoms with Gasteiger partial charge in [-0.25, -0.2) is 4.68 Å². The number of benzene rings is 1. The molecule has 1 radical (unpaired) electrons. The fourth-order valence-electron chi connectivity index (χ4n) is 1.34. The van der Waals surface area contributed by atoms with Crippen LogP contribution in [0.25, 0.3) is 5.69 Å². The molecule has 0 saturated heterocycles. The molecule has 0 saturated carbocycles. The number of hydrogen-bond donors (Lipinski definition) is 1. The maximum Gasteiger partial charge on any atom is 0.222 e. The van der Waals surface area contributed by atoms with Gasteiger partial charge < -0.3 is 9.84 Å². The van der Waals surface area contributed by atoms with Crippen LogP contribution in [0.4, 0.5) is 0 Å². The van der Waals surface area contributed by atoms with E-state index in [1.807, 2.05) is 24.3 Å². The van der Waals surface area contributed by atoms with Crippen LogP contribution in [-0.4, -0.2) is 22.0 Å². The van der Waals surface area contributed by atoms with Crippen molar-refractivity contribution in [1.82, 2.24) is 9.78 Å². The van der Waals surface area contributed by atoms with Gasteiger partial charge in [0.2, 0.25) is 5.88 Å². The lowest BCUT2D eigenvalue weighted by atomic mass is 10.3. The molecular formula is C11H11N2O2. The Kier molecular flexibility index (Phi) is 2.33. The van der Waals surface area contributed by atoms with Crippen LogP contribution in [0.5, 0.6) is 11.6 Å². The van der Waals surface area contributed by atoms with Crippen molar-refractivity contribution in [1.29, 1.82) is 0 Å². The number of ether oxygens (including phenoxy) is 1. The molecule has 4 heteroatoms. The summed E-state index contributed by atoms with van der Waals surface area (Å²) in [6.45, 7) is 1.78. The number of methoxy groups -OCH3 is 1. The second kappa shape index (κ2) is 3.65. The van der Waals surface area contributed by atoms with E-state index < -0.39 is 0 Å². The highest BCUT2D eigenvalue weighted by atomic mass is 16.5. The summed E-state index contributed by atoms with van der Waals surface area (Å²) >= 11 is 0. The summed E-state index contributed by atoms with van der Waals surface area (Å²) in [6, 6.07) is 9.97. The molecule has 15 heavy (non-hydrogen) atoms. The van der Waals surface area contributed by atoms with Crippen molar-refractivity contribution in [2.24, 2.45) is 0 Å². The van der Waals surface area contributed by atoms with Gasteiger partial charge in [0.25, 0.3) is 0 Å². The van der Waals surface area contributed by atoms with Crippen LogP contribution in [0, 0.1) is 13.0 Å². The summed E-state index contributed by atoms with van der Waals surface area (Å²) in [4.78, 5) is 0. The van der Waals surface area contributed by atoms with Crippen molar-refractivity contribution in [3.8, 4) is 17.3 Å². The van der Waals surface area contributed by atoms with Crippen LogP contribution >= 0.6 is 0 Å². The Hall–Kier alpha value is -1.97. The third kappa shape index (κ3) is 1.79. The molecule has 0 bridgehead atoms. The van der Waals surface area contributed by atoms with Gasteiger partial charge in [-0.2, -0.15) is 5.10 Å². The lowest BCUT2D eigenvalue weighted by molar-refractivity contribution is 0.414. The number of aromatic nitrogens is 2. The van der Waals surface area contributed by atoms with Gasteiger partial charge in [-0.05, 0) is 31.2 Å². The normalized spacial score (nSPS) is 10.3. The predicted octanol–water partition coefficient (Wildman–Crippen LogP) is 1.70. The quantitative estimate of drug-likeness (QED) is 0.808. The molecular weight excluding hydrogens is 192 g/mol. The fourth-order valence-corrected chi connectivity index (χ4v) is 1.34. The first-order valence-electron chi connectivity index (χ1n) is 4.53. The van der Waals surface area contributed by atoms with E-state index in [9.17, 15) is 5.11 Å². The topological polar surface area (TPSA) is 47.3 Å². The largest absolute Gasteiger partial charge is 0.497 e. The van der Waals surface area contributed by atoms with Crippen LogP contribution in [0.1, 0.15) is 5.69 Å². The van der Waals surface area contributed by atoms with Crippen LogP contribution in [0.2, 0.25) is 0 Å². The van der Waals surface area contributed by atoms with E-state index in [0.29, 0.717) is 5.69 Å². The number of aromatic hydroxyl groups is 1. The molecule has 0 atom stereocenters. The molecule has 1 aromatic heterocycles. The summed E-state index contributed by atoms with van der Waals surface area (Å²) in [5.41, 5.74) is 1.43. The molecule has 2 rings (SSSR count). The fraction of sp³-hybridized carbons (Fsp3) is 0.182. The number of aryl methyl sites for hydroxylation is 1. The van der Waals surface area contributed by atoms with E-state index in [1.165, 1.54) is 4.68 Å². The van der Waals surface area contributed by atoms with Gasteiger partial charge >= 0.3 is 0 Å². The molecule has 1 N–H and O–H groups in total. The van der Waals surface area contributed by atoms with Crippen LogP contribution in [0.3, 0.4) is 0 Å². The summed E-state index contributed by atoms with van der Waals surface area (Å²) in [7, 11) is 1.61. The molecule has 0 aliphatic heterocycles. The van der Waals surface area contributed by atoms with E-state index >= 15 is 0 Å². The zero-order chi connectivity index (χ0) is 10.8. The SMILES string of the molecule is COc1ccc(-n2nc(C)[c]c2O)cc1. The van der Waals surface area contributed by atoms with Gasteiger partial charge in [0.15, 0.2) is 0 Å². The lowest BCUT2D eigenvalue weighted by Crippen LogP contribution is -1.95. The number of hydrogen-bond acceptors (Lipinski definition) is 3. The first-order valence-corrected chi connectivity index (χ1v) is 4.53. The zero-order valence-electron chi connectivity index (χ0n) is 8.56. The van der Waals surface area contributed by atoms with E-state index in [-0.39, 0.29) is 5.88 Å². The van der Waals surface area contributed by atoms with Crippen molar-refractivity contribution in [3.63, 3.8) is 0 Å². The summed E-state index contributed by atoms with van der Waals surface area (Å²) in [6.07, 6.45) is 0. The third-order valence-corrected chi connectivity index (χ3v) is 2.06. The first kappa shape index (κ1) is 9.58. The highest BCUT2D eigenvalue weighted by Crippen LogP contribution is 2.19. The van der Waals surface area contributed by atoms with Gasteiger partial charge in [-0.15, -0.1) is 0 Å². The molecule has 0 unspecified atom stereocenters. The predicted molar refractivity (Wildman–Crippen MR) is 55.4 cm³/mol. The molecule has 0 fully saturated rings. The summed E-state index contributed by atoms with van der Waals surface area (Å²) in [5, 5.41) is 13.6. The van der Waals surface area contributed by atoms with Crippen molar-refractivity contribution in [2.45, 2.75) is 6.92 Å². The number of nitrogens with zero attached hydrogens (tertiary/aromatic N) is 2. The van der Waals surface area contributed by atoms with Crippen LogP contribution in [0.15, 0.2) is 24.3 Å². The van der Waals surface area contributed by atoms with Crippen molar-refractivity contribution in [3.05, 3.63) is 36.0 Å². The standard InChI is InChI=1S/C11H11N2O2/c1-8-7-11(14)13(12-8)9-3-5-10(15-2)6-4-9/h3-6,14H,1-2H3. The maximum atomic E-state index is 9.52. The summed E-state index contributed by atoms with van der Waals surface area (Å²) < 4.78 is 6.47. The monoisotopic (exact) mass is 203 g/mol. The van der Waals surface area contributed by atoms with E-state index in [1.54, 1.807) is 14.0 Å². The first-order chi connectivity index (χ1) is 7.20. The molecule has 0 amide bonds. The minimum atomic E-state index is 0.0117. The van der Waals surface area contributed by atoms with Crippen LogP contribution < -0.4 is 4.74 Å². The highest BCUT2D eigenvalue weighted by molar-refractivity contribution is 5.39. The average molecular weight is 203 g/mol. The minimum Gasteiger partial charge on any atom is -0.497 e. The molecule has 77 valence electrons. The maximum absolute atomic E-state index is 9.52. The van der Waals surface area contributed by atoms with Crippen molar-refractivity contribution >= 4 is 0 Å².